The highest BCUT2D eigenvalue weighted by atomic mass is 32.2. The number of amides is 1. The largest absolute Gasteiger partial charge is 0.278 e. The van der Waals surface area contributed by atoms with Crippen LogP contribution < -0.4 is 4.90 Å². The topological polar surface area (TPSA) is 83.5 Å². The molecule has 9 heteroatoms. The number of hydrogen-bond donors (Lipinski definition) is 0. The lowest BCUT2D eigenvalue weighted by Crippen LogP contribution is -2.31. The molecule has 168 valence electrons. The van der Waals surface area contributed by atoms with Gasteiger partial charge in [0.1, 0.15) is 0 Å². The number of aromatic nitrogens is 2. The Morgan fingerprint density at radius 2 is 1.70 bits per heavy atom. The van der Waals surface area contributed by atoms with Crippen LogP contribution in [0.5, 0.6) is 0 Å². The van der Waals surface area contributed by atoms with Crippen molar-refractivity contribution in [2.75, 3.05) is 18.0 Å². The third kappa shape index (κ3) is 4.39. The first-order valence-corrected chi connectivity index (χ1v) is 13.0. The molecular weight excluding hydrogens is 456 g/mol. The van der Waals surface area contributed by atoms with Crippen LogP contribution in [0.15, 0.2) is 77.8 Å². The summed E-state index contributed by atoms with van der Waals surface area (Å²) < 4.78 is 28.1. The van der Waals surface area contributed by atoms with Crippen LogP contribution in [0.25, 0.3) is 10.2 Å². The average Bonchev–Trinajstić information content (AvgIpc) is 3.53. The van der Waals surface area contributed by atoms with Crippen LogP contribution in [0.4, 0.5) is 5.13 Å². The van der Waals surface area contributed by atoms with E-state index < -0.39 is 10.0 Å². The van der Waals surface area contributed by atoms with E-state index in [-0.39, 0.29) is 17.3 Å². The van der Waals surface area contributed by atoms with Crippen molar-refractivity contribution in [3.63, 3.8) is 0 Å². The van der Waals surface area contributed by atoms with Gasteiger partial charge in [-0.1, -0.05) is 29.5 Å². The number of benzene rings is 2. The standard InChI is InChI=1S/C24H22N4O3S2/c29-23(18-10-12-20(13-11-18)33(30,31)27-15-5-6-16-27)28(17-19-7-3-4-14-25-19)24-26-21-8-1-2-9-22(21)32-24/h1-4,7-14H,5-6,15-17H2. The number of anilines is 1. The molecule has 0 unspecified atom stereocenters. The zero-order valence-corrected chi connectivity index (χ0v) is 19.4. The maximum absolute atomic E-state index is 13.5. The van der Waals surface area contributed by atoms with Gasteiger partial charge in [-0.2, -0.15) is 4.31 Å². The lowest BCUT2D eigenvalue weighted by atomic mass is 10.2. The first-order chi connectivity index (χ1) is 16.0. The van der Waals surface area contributed by atoms with Gasteiger partial charge < -0.3 is 0 Å². The molecule has 0 aliphatic carbocycles. The van der Waals surface area contributed by atoms with Gasteiger partial charge in [0.2, 0.25) is 10.0 Å². The highest BCUT2D eigenvalue weighted by Gasteiger charge is 2.28. The van der Waals surface area contributed by atoms with Crippen LogP contribution in [-0.2, 0) is 16.6 Å². The molecule has 3 heterocycles. The Morgan fingerprint density at radius 1 is 0.970 bits per heavy atom. The van der Waals surface area contributed by atoms with E-state index in [1.807, 2.05) is 42.5 Å². The van der Waals surface area contributed by atoms with Crippen molar-refractivity contribution < 1.29 is 13.2 Å². The van der Waals surface area contributed by atoms with E-state index in [4.69, 9.17) is 0 Å². The molecule has 1 amide bonds. The quantitative estimate of drug-likeness (QED) is 0.412. The number of pyridine rings is 1. The summed E-state index contributed by atoms with van der Waals surface area (Å²) in [6, 6.07) is 19.5. The monoisotopic (exact) mass is 478 g/mol. The summed E-state index contributed by atoms with van der Waals surface area (Å²) in [6.45, 7) is 1.34. The predicted molar refractivity (Wildman–Crippen MR) is 129 cm³/mol. The maximum atomic E-state index is 13.5. The van der Waals surface area contributed by atoms with Crippen molar-refractivity contribution in [2.24, 2.45) is 0 Å². The Kier molecular flexibility index (Phi) is 5.92. The van der Waals surface area contributed by atoms with Crippen LogP contribution in [-0.4, -0.2) is 41.7 Å². The summed E-state index contributed by atoms with van der Waals surface area (Å²) in [5.41, 5.74) is 1.95. The van der Waals surface area contributed by atoms with E-state index in [0.29, 0.717) is 23.8 Å². The number of para-hydroxylation sites is 1. The minimum absolute atomic E-state index is 0.206. The van der Waals surface area contributed by atoms with Crippen LogP contribution in [0.3, 0.4) is 0 Å². The van der Waals surface area contributed by atoms with E-state index in [1.54, 1.807) is 23.2 Å². The molecule has 1 fully saturated rings. The molecule has 1 saturated heterocycles. The summed E-state index contributed by atoms with van der Waals surface area (Å²) in [7, 11) is -3.53. The van der Waals surface area contributed by atoms with E-state index in [0.717, 1.165) is 28.8 Å². The van der Waals surface area contributed by atoms with Gasteiger partial charge in [0, 0.05) is 24.8 Å². The van der Waals surface area contributed by atoms with Crippen LogP contribution in [0.1, 0.15) is 28.9 Å². The summed E-state index contributed by atoms with van der Waals surface area (Å²) in [5, 5.41) is 0.570. The molecule has 0 atom stereocenters. The molecule has 2 aromatic heterocycles. The van der Waals surface area contributed by atoms with Gasteiger partial charge in [-0.25, -0.2) is 13.4 Å². The summed E-state index contributed by atoms with van der Waals surface area (Å²) in [6.07, 6.45) is 3.44. The third-order valence-electron chi connectivity index (χ3n) is 5.61. The van der Waals surface area contributed by atoms with Crippen molar-refractivity contribution in [3.05, 3.63) is 84.2 Å². The molecule has 7 nitrogen and oxygen atoms in total. The second kappa shape index (κ2) is 9.01. The Hall–Kier alpha value is -3.14. The summed E-state index contributed by atoms with van der Waals surface area (Å²) >= 11 is 1.44. The minimum Gasteiger partial charge on any atom is -0.278 e. The Labute approximate surface area is 196 Å². The zero-order valence-electron chi connectivity index (χ0n) is 17.8. The Bertz CT molecular complexity index is 1350. The van der Waals surface area contributed by atoms with Gasteiger partial charge in [0.15, 0.2) is 5.13 Å². The number of nitrogens with zero attached hydrogens (tertiary/aromatic N) is 4. The average molecular weight is 479 g/mol. The first-order valence-electron chi connectivity index (χ1n) is 10.7. The second-order valence-electron chi connectivity index (χ2n) is 7.81. The second-order valence-corrected chi connectivity index (χ2v) is 10.8. The fraction of sp³-hybridized carbons (Fsp3) is 0.208. The lowest BCUT2D eigenvalue weighted by Gasteiger charge is -2.20. The zero-order chi connectivity index (χ0) is 22.8. The number of carbonyl (C=O) groups is 1. The highest BCUT2D eigenvalue weighted by molar-refractivity contribution is 7.89. The third-order valence-corrected chi connectivity index (χ3v) is 8.58. The van der Waals surface area contributed by atoms with E-state index >= 15 is 0 Å². The van der Waals surface area contributed by atoms with Crippen LogP contribution in [0.2, 0.25) is 0 Å². The number of rotatable bonds is 6. The molecule has 0 radical (unpaired) electrons. The van der Waals surface area contributed by atoms with Crippen molar-refractivity contribution in [1.82, 2.24) is 14.3 Å². The van der Waals surface area contributed by atoms with Crippen molar-refractivity contribution >= 4 is 42.6 Å². The molecule has 0 spiro atoms. The Balaban J connectivity index is 1.47. The molecular formula is C24H22N4O3S2. The number of thiazole rings is 1. The lowest BCUT2D eigenvalue weighted by molar-refractivity contribution is 0.0984. The minimum atomic E-state index is -3.53. The van der Waals surface area contributed by atoms with E-state index in [9.17, 15) is 13.2 Å². The predicted octanol–water partition coefficient (Wildman–Crippen LogP) is 4.32. The van der Waals surface area contributed by atoms with Gasteiger partial charge in [-0.3, -0.25) is 14.7 Å². The molecule has 0 N–H and O–H groups in total. The maximum Gasteiger partial charge on any atom is 0.260 e. The summed E-state index contributed by atoms with van der Waals surface area (Å²) in [4.78, 5) is 24.4. The van der Waals surface area contributed by atoms with E-state index in [1.165, 1.54) is 27.8 Å². The van der Waals surface area contributed by atoms with Crippen LogP contribution >= 0.6 is 11.3 Å². The molecule has 1 aliphatic heterocycles. The number of carbonyl (C=O) groups excluding carboxylic acids is 1. The first kappa shape index (κ1) is 21.7. The van der Waals surface area contributed by atoms with Gasteiger partial charge in [-0.05, 0) is 61.4 Å². The fourth-order valence-corrected chi connectivity index (χ4v) is 6.34. The van der Waals surface area contributed by atoms with Gasteiger partial charge in [0.25, 0.3) is 5.91 Å². The van der Waals surface area contributed by atoms with Gasteiger partial charge >= 0.3 is 0 Å². The van der Waals surface area contributed by atoms with Crippen molar-refractivity contribution in [3.8, 4) is 0 Å². The van der Waals surface area contributed by atoms with Gasteiger partial charge in [0.05, 0.1) is 27.4 Å². The summed E-state index contributed by atoms with van der Waals surface area (Å²) in [5.74, 6) is -0.259. The van der Waals surface area contributed by atoms with Crippen molar-refractivity contribution in [1.29, 1.82) is 0 Å². The SMILES string of the molecule is O=C(c1ccc(S(=O)(=O)N2CCCC2)cc1)N(Cc1ccccn1)c1nc2ccccc2s1. The van der Waals surface area contributed by atoms with Crippen LogP contribution in [0, 0.1) is 0 Å². The van der Waals surface area contributed by atoms with E-state index in [2.05, 4.69) is 9.97 Å². The number of hydrogen-bond acceptors (Lipinski definition) is 6. The molecule has 0 bridgehead atoms. The molecule has 1 aliphatic rings. The smallest absolute Gasteiger partial charge is 0.260 e. The number of sulfonamides is 1. The molecule has 33 heavy (non-hydrogen) atoms. The fourth-order valence-electron chi connectivity index (χ4n) is 3.86. The van der Waals surface area contributed by atoms with Gasteiger partial charge in [-0.15, -0.1) is 0 Å². The molecule has 0 saturated carbocycles. The normalized spacial score (nSPS) is 14.5. The molecule has 2 aromatic carbocycles. The van der Waals surface area contributed by atoms with Crippen molar-refractivity contribution in [2.45, 2.75) is 24.3 Å². The highest BCUT2D eigenvalue weighted by Crippen LogP contribution is 2.31. The molecule has 5 rings (SSSR count). The Morgan fingerprint density at radius 3 is 2.39 bits per heavy atom. The molecule has 4 aromatic rings. The number of fused-ring (bicyclic) bond motifs is 1.